The quantitative estimate of drug-likeness (QED) is 0.722. The van der Waals surface area contributed by atoms with Crippen molar-refractivity contribution in [3.63, 3.8) is 0 Å². The first-order valence-electron chi connectivity index (χ1n) is 5.06. The Hall–Kier alpha value is -0.650. The molecule has 1 aromatic heterocycles. The van der Waals surface area contributed by atoms with E-state index in [1.807, 2.05) is 19.1 Å². The van der Waals surface area contributed by atoms with Gasteiger partial charge in [-0.1, -0.05) is 0 Å². The summed E-state index contributed by atoms with van der Waals surface area (Å²) in [5.41, 5.74) is 0.915. The maximum atomic E-state index is 5.42. The molecule has 1 aromatic rings. The van der Waals surface area contributed by atoms with Crippen LogP contribution in [0.5, 0.6) is 5.88 Å². The molecule has 0 aliphatic heterocycles. The average molecular weight is 290 g/mol. The Labute approximate surface area is 104 Å². The van der Waals surface area contributed by atoms with Gasteiger partial charge in [-0.2, -0.15) is 0 Å². The Morgan fingerprint density at radius 2 is 1.94 bits per heavy atom. The third kappa shape index (κ3) is 4.92. The minimum absolute atomic E-state index is 0.498. The van der Waals surface area contributed by atoms with Gasteiger partial charge in [0.2, 0.25) is 5.88 Å². The van der Waals surface area contributed by atoms with Gasteiger partial charge in [-0.25, -0.2) is 4.98 Å². The molecule has 0 N–H and O–H groups in total. The second kappa shape index (κ2) is 7.60. The van der Waals surface area contributed by atoms with E-state index >= 15 is 0 Å². The molecule has 0 aliphatic rings. The highest BCUT2D eigenvalue weighted by Crippen LogP contribution is 2.17. The van der Waals surface area contributed by atoms with Crippen molar-refractivity contribution < 1.29 is 14.2 Å². The summed E-state index contributed by atoms with van der Waals surface area (Å²) in [7, 11) is 1.65. The monoisotopic (exact) mass is 289 g/mol. The Morgan fingerprint density at radius 1 is 1.19 bits per heavy atom. The zero-order valence-electron chi connectivity index (χ0n) is 9.53. The summed E-state index contributed by atoms with van der Waals surface area (Å²) < 4.78 is 16.5. The number of halogens is 1. The van der Waals surface area contributed by atoms with Crippen molar-refractivity contribution in [2.24, 2.45) is 0 Å². The predicted molar refractivity (Wildman–Crippen MR) is 64.9 cm³/mol. The van der Waals surface area contributed by atoms with E-state index in [1.165, 1.54) is 0 Å². The van der Waals surface area contributed by atoms with Crippen molar-refractivity contribution in [2.45, 2.75) is 6.92 Å². The van der Waals surface area contributed by atoms with Gasteiger partial charge >= 0.3 is 0 Å². The Morgan fingerprint density at radius 3 is 2.62 bits per heavy atom. The lowest BCUT2D eigenvalue weighted by molar-refractivity contribution is 0.0536. The fraction of sp³-hybridized carbons (Fsp3) is 0.545. The standard InChI is InChI=1S/C11H16BrNO3/c1-9-10(12)3-4-11(13-9)16-8-7-15-6-5-14-2/h3-4H,5-8H2,1-2H3. The van der Waals surface area contributed by atoms with E-state index in [2.05, 4.69) is 20.9 Å². The number of methoxy groups -OCH3 is 1. The van der Waals surface area contributed by atoms with Gasteiger partial charge < -0.3 is 14.2 Å². The van der Waals surface area contributed by atoms with Crippen LogP contribution in [-0.2, 0) is 9.47 Å². The van der Waals surface area contributed by atoms with E-state index in [1.54, 1.807) is 7.11 Å². The van der Waals surface area contributed by atoms with Gasteiger partial charge in [-0.05, 0) is 28.9 Å². The molecule has 1 heterocycles. The molecule has 4 nitrogen and oxygen atoms in total. The summed E-state index contributed by atoms with van der Waals surface area (Å²) in [6.45, 7) is 4.16. The molecule has 16 heavy (non-hydrogen) atoms. The van der Waals surface area contributed by atoms with E-state index in [0.29, 0.717) is 32.3 Å². The zero-order valence-corrected chi connectivity index (χ0v) is 11.1. The van der Waals surface area contributed by atoms with Crippen molar-refractivity contribution in [2.75, 3.05) is 33.5 Å². The van der Waals surface area contributed by atoms with Crippen molar-refractivity contribution in [3.05, 3.63) is 22.3 Å². The summed E-state index contributed by atoms with van der Waals surface area (Å²) in [6.07, 6.45) is 0. The van der Waals surface area contributed by atoms with Crippen LogP contribution in [0.1, 0.15) is 5.69 Å². The lowest BCUT2D eigenvalue weighted by atomic mass is 10.4. The topological polar surface area (TPSA) is 40.6 Å². The molecule has 0 atom stereocenters. The molecule has 0 saturated heterocycles. The number of pyridine rings is 1. The summed E-state index contributed by atoms with van der Waals surface area (Å²) in [5.74, 6) is 0.621. The molecule has 90 valence electrons. The summed E-state index contributed by atoms with van der Waals surface area (Å²) in [4.78, 5) is 4.26. The highest BCUT2D eigenvalue weighted by atomic mass is 79.9. The molecule has 0 amide bonds. The lowest BCUT2D eigenvalue weighted by Gasteiger charge is -2.07. The Bertz CT molecular complexity index is 320. The zero-order chi connectivity index (χ0) is 11.8. The van der Waals surface area contributed by atoms with Gasteiger partial charge in [0.25, 0.3) is 0 Å². The van der Waals surface area contributed by atoms with Gasteiger partial charge in [-0.3, -0.25) is 0 Å². The fourth-order valence-electron chi connectivity index (χ4n) is 1.05. The molecular formula is C11H16BrNO3. The van der Waals surface area contributed by atoms with Crippen LogP contribution in [0.2, 0.25) is 0 Å². The molecule has 0 unspecified atom stereocenters. The smallest absolute Gasteiger partial charge is 0.213 e. The third-order valence-corrected chi connectivity index (χ3v) is 2.74. The van der Waals surface area contributed by atoms with Gasteiger partial charge in [0.1, 0.15) is 6.61 Å². The molecule has 0 saturated carbocycles. The Balaban J connectivity index is 2.19. The SMILES string of the molecule is COCCOCCOc1ccc(Br)c(C)n1. The van der Waals surface area contributed by atoms with E-state index < -0.39 is 0 Å². The van der Waals surface area contributed by atoms with Crippen LogP contribution in [-0.4, -0.2) is 38.5 Å². The Kier molecular flexibility index (Phi) is 6.37. The van der Waals surface area contributed by atoms with E-state index in [-0.39, 0.29) is 0 Å². The first kappa shape index (κ1) is 13.4. The first-order chi connectivity index (χ1) is 7.74. The molecular weight excluding hydrogens is 274 g/mol. The van der Waals surface area contributed by atoms with Gasteiger partial charge in [-0.15, -0.1) is 0 Å². The van der Waals surface area contributed by atoms with Crippen LogP contribution in [0.4, 0.5) is 0 Å². The number of hydrogen-bond donors (Lipinski definition) is 0. The second-order valence-corrected chi connectivity index (χ2v) is 4.02. The van der Waals surface area contributed by atoms with Gasteiger partial charge in [0.15, 0.2) is 0 Å². The van der Waals surface area contributed by atoms with Gasteiger partial charge in [0, 0.05) is 17.6 Å². The minimum Gasteiger partial charge on any atom is -0.475 e. The molecule has 5 heteroatoms. The van der Waals surface area contributed by atoms with Gasteiger partial charge in [0.05, 0.1) is 25.5 Å². The van der Waals surface area contributed by atoms with Crippen LogP contribution in [0.3, 0.4) is 0 Å². The number of aryl methyl sites for hydroxylation is 1. The number of aromatic nitrogens is 1. The molecule has 1 rings (SSSR count). The molecule has 0 aromatic carbocycles. The van der Waals surface area contributed by atoms with Crippen molar-refractivity contribution in [1.82, 2.24) is 4.98 Å². The third-order valence-electron chi connectivity index (χ3n) is 1.91. The van der Waals surface area contributed by atoms with Crippen LogP contribution in [0.15, 0.2) is 16.6 Å². The maximum absolute atomic E-state index is 5.42. The highest BCUT2D eigenvalue weighted by Gasteiger charge is 1.99. The lowest BCUT2D eigenvalue weighted by Crippen LogP contribution is -2.10. The van der Waals surface area contributed by atoms with Crippen molar-refractivity contribution >= 4 is 15.9 Å². The van der Waals surface area contributed by atoms with Crippen LogP contribution < -0.4 is 4.74 Å². The summed E-state index contributed by atoms with van der Waals surface area (Å²) >= 11 is 3.38. The molecule has 0 spiro atoms. The number of ether oxygens (including phenoxy) is 3. The van der Waals surface area contributed by atoms with Crippen LogP contribution in [0.25, 0.3) is 0 Å². The maximum Gasteiger partial charge on any atom is 0.213 e. The van der Waals surface area contributed by atoms with Crippen LogP contribution >= 0.6 is 15.9 Å². The number of rotatable bonds is 7. The fourth-order valence-corrected chi connectivity index (χ4v) is 1.27. The largest absolute Gasteiger partial charge is 0.475 e. The summed E-state index contributed by atoms with van der Waals surface area (Å²) in [5, 5.41) is 0. The van der Waals surface area contributed by atoms with E-state index in [4.69, 9.17) is 14.2 Å². The number of hydrogen-bond acceptors (Lipinski definition) is 4. The first-order valence-corrected chi connectivity index (χ1v) is 5.86. The highest BCUT2D eigenvalue weighted by molar-refractivity contribution is 9.10. The molecule has 0 radical (unpaired) electrons. The number of nitrogens with zero attached hydrogens (tertiary/aromatic N) is 1. The summed E-state index contributed by atoms with van der Waals surface area (Å²) in [6, 6.07) is 3.75. The van der Waals surface area contributed by atoms with Crippen LogP contribution in [0, 0.1) is 6.92 Å². The van der Waals surface area contributed by atoms with E-state index in [0.717, 1.165) is 10.2 Å². The normalized spacial score (nSPS) is 10.4. The molecule has 0 fully saturated rings. The molecule has 0 aliphatic carbocycles. The average Bonchev–Trinajstić information content (AvgIpc) is 2.28. The predicted octanol–water partition coefficient (Wildman–Crippen LogP) is 2.19. The van der Waals surface area contributed by atoms with E-state index in [9.17, 15) is 0 Å². The second-order valence-electron chi connectivity index (χ2n) is 3.17. The molecule has 0 bridgehead atoms. The van der Waals surface area contributed by atoms with Crippen molar-refractivity contribution in [3.8, 4) is 5.88 Å². The minimum atomic E-state index is 0.498. The van der Waals surface area contributed by atoms with Crippen molar-refractivity contribution in [1.29, 1.82) is 0 Å².